The maximum Gasteiger partial charge on any atom is 0.255 e. The van der Waals surface area contributed by atoms with E-state index in [1.807, 2.05) is 55.6 Å². The topological polar surface area (TPSA) is 125 Å². The molecule has 2 heterocycles. The number of fused-ring (bicyclic) bond motifs is 1. The number of carbonyl (C=O) groups is 2. The molecule has 0 radical (unpaired) electrons. The summed E-state index contributed by atoms with van der Waals surface area (Å²) in [6.07, 6.45) is 1.81. The number of hydrogen-bond acceptors (Lipinski definition) is 6. The minimum atomic E-state index is -2.66. The number of aliphatic hydroxyl groups is 1. The Labute approximate surface area is 255 Å². The van der Waals surface area contributed by atoms with Gasteiger partial charge in [0, 0.05) is 29.0 Å². The van der Waals surface area contributed by atoms with Crippen LogP contribution in [0.2, 0.25) is 18.6 Å². The minimum Gasteiger partial charge on any atom is -0.432 e. The molecular formula is C34H43N3O5Si. The lowest BCUT2D eigenvalue weighted by molar-refractivity contribution is -0.138. The minimum absolute atomic E-state index is 0.0424. The van der Waals surface area contributed by atoms with Gasteiger partial charge in [-0.1, -0.05) is 43.3 Å². The van der Waals surface area contributed by atoms with Crippen LogP contribution in [0.1, 0.15) is 46.8 Å². The Balaban J connectivity index is 1.23. The number of anilines is 2. The van der Waals surface area contributed by atoms with E-state index in [4.69, 9.17) is 10.5 Å². The van der Waals surface area contributed by atoms with Gasteiger partial charge in [0.2, 0.25) is 5.91 Å². The number of aliphatic hydroxyl groups excluding tert-OH is 1. The Morgan fingerprint density at radius 3 is 2.44 bits per heavy atom. The predicted octanol–water partition coefficient (Wildman–Crippen LogP) is 4.76. The summed E-state index contributed by atoms with van der Waals surface area (Å²) in [5.41, 5.74) is 10.9. The number of nitrogens with two attached hydrogens (primary N) is 1. The summed E-state index contributed by atoms with van der Waals surface area (Å²) in [4.78, 5) is 39.4. The molecule has 0 spiro atoms. The van der Waals surface area contributed by atoms with E-state index in [9.17, 15) is 19.5 Å². The number of amides is 2. The monoisotopic (exact) mass is 601 g/mol. The van der Waals surface area contributed by atoms with E-state index in [1.165, 1.54) is 5.56 Å². The van der Waals surface area contributed by atoms with Gasteiger partial charge < -0.3 is 30.6 Å². The van der Waals surface area contributed by atoms with Crippen molar-refractivity contribution in [1.29, 1.82) is 0 Å². The molecule has 0 saturated carbocycles. The van der Waals surface area contributed by atoms with Crippen molar-refractivity contribution >= 4 is 31.5 Å². The van der Waals surface area contributed by atoms with Crippen LogP contribution in [0.4, 0.5) is 11.4 Å². The van der Waals surface area contributed by atoms with Gasteiger partial charge in [0.1, 0.15) is 0 Å². The fourth-order valence-electron chi connectivity index (χ4n) is 6.89. The molecule has 5 atom stereocenters. The Morgan fingerprint density at radius 1 is 1.02 bits per heavy atom. The SMILES string of the molecule is C[C@@H]1[C@@H]([Si](C)(C)O)[C@H](CC(=O)N2Cc3ccccc3C[C@H]2CO)O[C@@H]1CCc1cccc(NC(=O)c2ccc(N)cc2)c1. The highest BCUT2D eigenvalue weighted by Crippen LogP contribution is 2.46. The molecule has 9 heteroatoms. The lowest BCUT2D eigenvalue weighted by Crippen LogP contribution is -2.48. The maximum absolute atomic E-state index is 13.7. The normalized spacial score (nSPS) is 23.6. The molecule has 1 saturated heterocycles. The summed E-state index contributed by atoms with van der Waals surface area (Å²) >= 11 is 0. The number of hydrogen-bond donors (Lipinski definition) is 4. The average molecular weight is 602 g/mol. The number of benzene rings is 3. The molecule has 2 amide bonds. The molecule has 8 nitrogen and oxygen atoms in total. The number of aryl methyl sites for hydroxylation is 1. The molecule has 5 rings (SSSR count). The van der Waals surface area contributed by atoms with Gasteiger partial charge in [0.15, 0.2) is 8.32 Å². The van der Waals surface area contributed by atoms with Gasteiger partial charge in [-0.25, -0.2) is 0 Å². The number of nitrogens with zero attached hydrogens (tertiary/aromatic N) is 1. The first-order valence-electron chi connectivity index (χ1n) is 15.1. The number of rotatable bonds is 9. The molecule has 2 aliphatic rings. The summed E-state index contributed by atoms with van der Waals surface area (Å²) in [6.45, 7) is 6.37. The van der Waals surface area contributed by atoms with Crippen LogP contribution < -0.4 is 11.1 Å². The molecule has 3 aromatic carbocycles. The Kier molecular flexibility index (Phi) is 9.36. The third-order valence-corrected chi connectivity index (χ3v) is 11.6. The van der Waals surface area contributed by atoms with Crippen molar-refractivity contribution in [2.45, 2.75) is 76.0 Å². The first-order valence-corrected chi connectivity index (χ1v) is 18.2. The second kappa shape index (κ2) is 13.0. The summed E-state index contributed by atoms with van der Waals surface area (Å²) in [5, 5.41) is 13.0. The third-order valence-electron chi connectivity index (χ3n) is 9.06. The maximum atomic E-state index is 13.7. The number of carbonyl (C=O) groups excluding carboxylic acids is 2. The highest BCUT2D eigenvalue weighted by Gasteiger charge is 2.50. The number of nitrogen functional groups attached to an aromatic ring is 1. The van der Waals surface area contributed by atoms with Crippen molar-refractivity contribution in [3.8, 4) is 0 Å². The third kappa shape index (κ3) is 7.18. The molecule has 0 aromatic heterocycles. The number of nitrogens with one attached hydrogen (secondary N) is 1. The average Bonchev–Trinajstić information content (AvgIpc) is 3.30. The van der Waals surface area contributed by atoms with Crippen molar-refractivity contribution in [1.82, 2.24) is 4.90 Å². The van der Waals surface area contributed by atoms with Crippen molar-refractivity contribution in [2.24, 2.45) is 5.92 Å². The van der Waals surface area contributed by atoms with Gasteiger partial charge in [0.05, 0.1) is 31.3 Å². The fraction of sp³-hybridized carbons (Fsp3) is 0.412. The van der Waals surface area contributed by atoms with Crippen LogP contribution in [0, 0.1) is 5.92 Å². The summed E-state index contributed by atoms with van der Waals surface area (Å²) < 4.78 is 6.58. The molecule has 0 bridgehead atoms. The van der Waals surface area contributed by atoms with Crippen LogP contribution in [-0.4, -0.2) is 59.8 Å². The van der Waals surface area contributed by atoms with E-state index < -0.39 is 8.32 Å². The van der Waals surface area contributed by atoms with Crippen LogP contribution in [0.25, 0.3) is 0 Å². The highest BCUT2D eigenvalue weighted by molar-refractivity contribution is 6.71. The van der Waals surface area contributed by atoms with E-state index in [1.54, 1.807) is 29.2 Å². The molecule has 3 aromatic rings. The van der Waals surface area contributed by atoms with Gasteiger partial charge >= 0.3 is 0 Å². The van der Waals surface area contributed by atoms with Crippen molar-refractivity contribution in [3.63, 3.8) is 0 Å². The Morgan fingerprint density at radius 2 is 1.74 bits per heavy atom. The van der Waals surface area contributed by atoms with Gasteiger partial charge in [-0.2, -0.15) is 0 Å². The molecule has 43 heavy (non-hydrogen) atoms. The van der Waals surface area contributed by atoms with Gasteiger partial charge in [0.25, 0.3) is 5.91 Å². The smallest absolute Gasteiger partial charge is 0.255 e. The Hall–Kier alpha value is -3.50. The van der Waals surface area contributed by atoms with Crippen LogP contribution >= 0.6 is 0 Å². The second-order valence-electron chi connectivity index (χ2n) is 12.6. The summed E-state index contributed by atoms with van der Waals surface area (Å²) in [7, 11) is -2.66. The lowest BCUT2D eigenvalue weighted by atomic mass is 9.93. The van der Waals surface area contributed by atoms with Crippen LogP contribution in [0.5, 0.6) is 0 Å². The van der Waals surface area contributed by atoms with E-state index in [0.717, 1.165) is 24.0 Å². The largest absolute Gasteiger partial charge is 0.432 e. The molecule has 5 N–H and O–H groups in total. The van der Waals surface area contributed by atoms with Gasteiger partial charge in [-0.15, -0.1) is 0 Å². The quantitative estimate of drug-likeness (QED) is 0.207. The first kappa shape index (κ1) is 30.9. The zero-order valence-electron chi connectivity index (χ0n) is 25.2. The Bertz CT molecular complexity index is 1440. The van der Waals surface area contributed by atoms with Gasteiger partial charge in [-0.05, 0) is 91.4 Å². The molecule has 1 fully saturated rings. The zero-order valence-corrected chi connectivity index (χ0v) is 26.2. The molecule has 228 valence electrons. The van der Waals surface area contributed by atoms with E-state index >= 15 is 0 Å². The highest BCUT2D eigenvalue weighted by atomic mass is 28.4. The summed E-state index contributed by atoms with van der Waals surface area (Å²) in [6, 6.07) is 22.4. The van der Waals surface area contributed by atoms with E-state index in [2.05, 4.69) is 18.3 Å². The van der Waals surface area contributed by atoms with Crippen LogP contribution in [-0.2, 0) is 28.9 Å². The standard InChI is InChI=1S/C34H43N3O5Si/c1-22-30(16-11-23-7-6-10-28(17-23)36-34(40)24-12-14-27(35)15-13-24)42-31(33(22)43(2,3)41)19-32(39)37-20-26-9-5-4-8-25(26)18-29(37)21-38/h4-10,12-15,17,22,29-31,33,38,41H,11,16,18-21,35H2,1-3H3,(H,36,40)/t22-,29-,30+,31-,33+/m0/s1. The second-order valence-corrected chi connectivity index (χ2v) is 16.6. The zero-order chi connectivity index (χ0) is 30.7. The van der Waals surface area contributed by atoms with Crippen molar-refractivity contribution in [3.05, 3.63) is 95.1 Å². The summed E-state index contributed by atoms with van der Waals surface area (Å²) in [5.74, 6) is -0.149. The van der Waals surface area contributed by atoms with Gasteiger partial charge in [-0.3, -0.25) is 9.59 Å². The van der Waals surface area contributed by atoms with Crippen molar-refractivity contribution in [2.75, 3.05) is 17.7 Å². The first-order chi connectivity index (χ1) is 20.5. The fourth-order valence-corrected chi connectivity index (χ4v) is 9.50. The van der Waals surface area contributed by atoms with Crippen molar-refractivity contribution < 1.29 is 24.2 Å². The lowest BCUT2D eigenvalue weighted by Gasteiger charge is -2.37. The molecule has 0 unspecified atom stereocenters. The van der Waals surface area contributed by atoms with Crippen LogP contribution in [0.3, 0.4) is 0 Å². The van der Waals surface area contributed by atoms with E-state index in [-0.39, 0.29) is 54.6 Å². The van der Waals surface area contributed by atoms with Crippen LogP contribution in [0.15, 0.2) is 72.8 Å². The molecular weight excluding hydrogens is 558 g/mol. The molecule has 2 aliphatic heterocycles. The van der Waals surface area contributed by atoms with E-state index in [0.29, 0.717) is 29.9 Å². The molecule has 0 aliphatic carbocycles. The number of ether oxygens (including phenoxy) is 1. The predicted molar refractivity (Wildman–Crippen MR) is 171 cm³/mol.